The van der Waals surface area contributed by atoms with E-state index in [4.69, 9.17) is 24.0 Å². The predicted molar refractivity (Wildman–Crippen MR) is 143 cm³/mol. The number of carboxylic acid groups (broad SMARTS) is 1. The van der Waals surface area contributed by atoms with E-state index < -0.39 is 23.0 Å². The first kappa shape index (κ1) is 27.3. The Morgan fingerprint density at radius 2 is 1.97 bits per heavy atom. The molecule has 208 valence electrons. The van der Waals surface area contributed by atoms with Crippen LogP contribution in [-0.2, 0) is 27.3 Å². The van der Waals surface area contributed by atoms with Crippen LogP contribution in [0.5, 0.6) is 0 Å². The Morgan fingerprint density at radius 3 is 2.54 bits per heavy atom. The minimum absolute atomic E-state index is 0.0873. The molecule has 2 aliphatic rings. The molecule has 1 atom stereocenters. The van der Waals surface area contributed by atoms with Gasteiger partial charge in [0, 0.05) is 19.2 Å². The molecule has 1 aliphatic heterocycles. The lowest BCUT2D eigenvalue weighted by molar-refractivity contribution is -0.189. The molecule has 5 rings (SSSR count). The molecule has 1 saturated heterocycles. The standard InChI is InChI=1S/C27H31N3O8S/c1-16-4-6-18(7-5-16)23-22(24(31)28-2)20-12-19(17-8-9-17)21(29-25(20)37-23)13-30(39(34)35)11-3-10-27(14-36-15-27)38-26(32)33/h4-7,12,17H,3,8-11,13-15H2,1-2H3,(H,28,31)(H,32,33)(H,34,35). The molecule has 11 nitrogen and oxygen atoms in total. The number of carbonyl (C=O) groups excluding carboxylic acids is 1. The summed E-state index contributed by atoms with van der Waals surface area (Å²) in [5, 5.41) is 12.3. The van der Waals surface area contributed by atoms with E-state index in [9.17, 15) is 18.4 Å². The first-order valence-corrected chi connectivity index (χ1v) is 13.9. The third kappa shape index (κ3) is 5.83. The number of aryl methyl sites for hydroxylation is 1. The number of aromatic nitrogens is 1. The highest BCUT2D eigenvalue weighted by Gasteiger charge is 2.42. The normalized spacial score (nSPS) is 17.1. The van der Waals surface area contributed by atoms with Crippen molar-refractivity contribution in [2.45, 2.75) is 50.7 Å². The third-order valence-corrected chi connectivity index (χ3v) is 7.95. The maximum absolute atomic E-state index is 13.0. The molecule has 3 N–H and O–H groups in total. The monoisotopic (exact) mass is 557 g/mol. The predicted octanol–water partition coefficient (Wildman–Crippen LogP) is 4.22. The highest BCUT2D eigenvalue weighted by molar-refractivity contribution is 7.76. The molecule has 0 bridgehead atoms. The summed E-state index contributed by atoms with van der Waals surface area (Å²) < 4.78 is 40.0. The molecule has 0 spiro atoms. The summed E-state index contributed by atoms with van der Waals surface area (Å²) in [6.45, 7) is 2.62. The Hall–Kier alpha value is -3.32. The van der Waals surface area contributed by atoms with Crippen LogP contribution in [0.15, 0.2) is 34.7 Å². The fraction of sp³-hybridized carbons (Fsp3) is 0.444. The molecule has 1 aromatic carbocycles. The molecular formula is C27H31N3O8S. The summed E-state index contributed by atoms with van der Waals surface area (Å²) in [5.41, 5.74) is 3.15. The topological polar surface area (TPSA) is 151 Å². The molecule has 3 heterocycles. The van der Waals surface area contributed by atoms with E-state index in [1.54, 1.807) is 7.05 Å². The summed E-state index contributed by atoms with van der Waals surface area (Å²) in [6, 6.07) is 9.61. The van der Waals surface area contributed by atoms with Crippen molar-refractivity contribution in [3.8, 4) is 11.3 Å². The second-order valence-corrected chi connectivity index (χ2v) is 11.1. The van der Waals surface area contributed by atoms with Gasteiger partial charge in [-0.15, -0.1) is 0 Å². The van der Waals surface area contributed by atoms with Crippen LogP contribution >= 0.6 is 0 Å². The lowest BCUT2D eigenvalue weighted by atomic mass is 9.95. The zero-order chi connectivity index (χ0) is 27.7. The zero-order valence-corrected chi connectivity index (χ0v) is 22.6. The van der Waals surface area contributed by atoms with Crippen molar-refractivity contribution in [3.05, 3.63) is 52.7 Å². The van der Waals surface area contributed by atoms with Crippen LogP contribution in [0, 0.1) is 6.92 Å². The molecule has 1 unspecified atom stereocenters. The Morgan fingerprint density at radius 1 is 1.26 bits per heavy atom. The van der Waals surface area contributed by atoms with Crippen LogP contribution in [-0.4, -0.2) is 67.6 Å². The van der Waals surface area contributed by atoms with Crippen LogP contribution < -0.4 is 5.32 Å². The van der Waals surface area contributed by atoms with Crippen molar-refractivity contribution in [2.75, 3.05) is 26.8 Å². The number of furan rings is 1. The van der Waals surface area contributed by atoms with Crippen LogP contribution in [0.25, 0.3) is 22.4 Å². The van der Waals surface area contributed by atoms with E-state index in [1.807, 2.05) is 37.3 Å². The van der Waals surface area contributed by atoms with Gasteiger partial charge in [-0.25, -0.2) is 14.0 Å². The van der Waals surface area contributed by atoms with Gasteiger partial charge >= 0.3 is 6.16 Å². The van der Waals surface area contributed by atoms with Crippen LogP contribution in [0.1, 0.15) is 58.8 Å². The molecule has 1 amide bonds. The second-order valence-electron chi connectivity index (χ2n) is 10.1. The van der Waals surface area contributed by atoms with Crippen molar-refractivity contribution in [3.63, 3.8) is 0 Å². The van der Waals surface area contributed by atoms with Crippen molar-refractivity contribution in [1.82, 2.24) is 14.6 Å². The van der Waals surface area contributed by atoms with Crippen LogP contribution in [0.4, 0.5) is 4.79 Å². The smallest absolute Gasteiger partial charge is 0.450 e. The van der Waals surface area contributed by atoms with E-state index >= 15 is 0 Å². The number of hydrogen-bond donors (Lipinski definition) is 3. The summed E-state index contributed by atoms with van der Waals surface area (Å²) in [4.78, 5) is 28.8. The van der Waals surface area contributed by atoms with Crippen LogP contribution in [0.2, 0.25) is 0 Å². The number of nitrogens with zero attached hydrogens (tertiary/aromatic N) is 2. The molecule has 0 radical (unpaired) electrons. The van der Waals surface area contributed by atoms with Crippen LogP contribution in [0.3, 0.4) is 0 Å². The Labute approximate surface area is 227 Å². The summed E-state index contributed by atoms with van der Waals surface area (Å²) in [5.74, 6) is 0.390. The minimum Gasteiger partial charge on any atom is -0.450 e. The van der Waals surface area contributed by atoms with Gasteiger partial charge in [0.2, 0.25) is 17.0 Å². The first-order chi connectivity index (χ1) is 18.7. The van der Waals surface area contributed by atoms with E-state index in [0.29, 0.717) is 35.2 Å². The van der Waals surface area contributed by atoms with Gasteiger partial charge in [0.05, 0.1) is 36.4 Å². The Kier molecular flexibility index (Phi) is 7.72. The zero-order valence-electron chi connectivity index (χ0n) is 21.8. The molecule has 2 aromatic heterocycles. The van der Waals surface area contributed by atoms with Gasteiger partial charge in [0.15, 0.2) is 5.60 Å². The number of pyridine rings is 1. The van der Waals surface area contributed by atoms with Gasteiger partial charge < -0.3 is 24.3 Å². The third-order valence-electron chi connectivity index (χ3n) is 7.20. The van der Waals surface area contributed by atoms with Gasteiger partial charge in [-0.05, 0) is 50.2 Å². The van der Waals surface area contributed by atoms with Gasteiger partial charge in [-0.3, -0.25) is 9.35 Å². The van der Waals surface area contributed by atoms with Gasteiger partial charge in [0.1, 0.15) is 5.76 Å². The largest absolute Gasteiger partial charge is 0.506 e. The second kappa shape index (κ2) is 11.0. The maximum Gasteiger partial charge on any atom is 0.506 e. The molecule has 2 fully saturated rings. The highest BCUT2D eigenvalue weighted by atomic mass is 32.2. The van der Waals surface area contributed by atoms with E-state index in [0.717, 1.165) is 29.5 Å². The Bertz CT molecular complexity index is 1410. The van der Waals surface area contributed by atoms with Crippen molar-refractivity contribution >= 4 is 34.4 Å². The van der Waals surface area contributed by atoms with Gasteiger partial charge in [-0.2, -0.15) is 4.31 Å². The number of benzene rings is 1. The average molecular weight is 558 g/mol. The number of carbonyl (C=O) groups is 2. The summed E-state index contributed by atoms with van der Waals surface area (Å²) in [7, 11) is 1.57. The summed E-state index contributed by atoms with van der Waals surface area (Å²) in [6.07, 6.45) is 1.35. The number of fused-ring (bicyclic) bond motifs is 1. The number of amides is 1. The molecule has 1 aliphatic carbocycles. The molecule has 3 aromatic rings. The molecule has 1 saturated carbocycles. The minimum atomic E-state index is -2.29. The van der Waals surface area contributed by atoms with E-state index in [-0.39, 0.29) is 43.8 Å². The quantitative estimate of drug-likeness (QED) is 0.232. The fourth-order valence-corrected chi connectivity index (χ4v) is 5.45. The summed E-state index contributed by atoms with van der Waals surface area (Å²) >= 11 is -2.29. The molecule has 12 heteroatoms. The van der Waals surface area contributed by atoms with E-state index in [2.05, 4.69) is 5.32 Å². The van der Waals surface area contributed by atoms with E-state index in [1.165, 1.54) is 4.31 Å². The van der Waals surface area contributed by atoms with Crippen molar-refractivity contribution in [2.24, 2.45) is 0 Å². The number of rotatable bonds is 11. The maximum atomic E-state index is 13.0. The fourth-order valence-electron chi connectivity index (χ4n) is 4.93. The number of hydrogen-bond acceptors (Lipinski definition) is 7. The first-order valence-electron chi connectivity index (χ1n) is 12.8. The molecular weight excluding hydrogens is 526 g/mol. The SMILES string of the molecule is CNC(=O)c1c(-c2ccc(C)cc2)oc2nc(CN(CCCC3(OC(=O)O)COC3)S(=O)O)c(C3CC3)cc12. The lowest BCUT2D eigenvalue weighted by Gasteiger charge is -2.39. The van der Waals surface area contributed by atoms with Gasteiger partial charge in [-0.1, -0.05) is 29.8 Å². The highest BCUT2D eigenvalue weighted by Crippen LogP contribution is 2.44. The number of ether oxygens (including phenoxy) is 2. The molecule has 39 heavy (non-hydrogen) atoms. The van der Waals surface area contributed by atoms with Crippen molar-refractivity contribution < 1.29 is 37.3 Å². The van der Waals surface area contributed by atoms with Gasteiger partial charge in [0.25, 0.3) is 5.91 Å². The lowest BCUT2D eigenvalue weighted by Crippen LogP contribution is -2.53. The van der Waals surface area contributed by atoms with Crippen molar-refractivity contribution in [1.29, 1.82) is 0 Å². The Balaban J connectivity index is 1.45. The average Bonchev–Trinajstić information content (AvgIpc) is 3.66. The number of nitrogens with one attached hydrogen (secondary N) is 1.